The van der Waals surface area contributed by atoms with E-state index in [2.05, 4.69) is 10.3 Å². The summed E-state index contributed by atoms with van der Waals surface area (Å²) in [5.41, 5.74) is 5.86. The summed E-state index contributed by atoms with van der Waals surface area (Å²) in [6.07, 6.45) is 2.25. The summed E-state index contributed by atoms with van der Waals surface area (Å²) >= 11 is 0. The molecule has 102 valence electrons. The van der Waals surface area contributed by atoms with E-state index in [0.717, 1.165) is 5.69 Å². The average molecular weight is 254 g/mol. The zero-order valence-corrected chi connectivity index (χ0v) is 11.5. The standard InChI is InChI=1S/C12H22N4O2/c1-5-18-11(17)12(8-13,9(2)3)6-10-7-16(4)15-14-10/h7,9H,5-6,8,13H2,1-4H3. The molecule has 0 saturated carbocycles. The number of carbonyl (C=O) groups is 1. The molecule has 1 unspecified atom stereocenters. The fourth-order valence-corrected chi connectivity index (χ4v) is 1.98. The van der Waals surface area contributed by atoms with E-state index in [1.54, 1.807) is 24.9 Å². The van der Waals surface area contributed by atoms with E-state index in [9.17, 15) is 4.79 Å². The lowest BCUT2D eigenvalue weighted by Crippen LogP contribution is -2.46. The van der Waals surface area contributed by atoms with Crippen LogP contribution < -0.4 is 5.73 Å². The van der Waals surface area contributed by atoms with Crippen molar-refractivity contribution in [3.63, 3.8) is 0 Å². The maximum atomic E-state index is 12.2. The number of aryl methyl sites for hydroxylation is 1. The van der Waals surface area contributed by atoms with Crippen LogP contribution in [-0.2, 0) is 23.0 Å². The number of aromatic nitrogens is 3. The van der Waals surface area contributed by atoms with Crippen LogP contribution in [-0.4, -0.2) is 34.1 Å². The van der Waals surface area contributed by atoms with Crippen molar-refractivity contribution in [1.29, 1.82) is 0 Å². The Morgan fingerprint density at radius 1 is 1.61 bits per heavy atom. The van der Waals surface area contributed by atoms with Crippen molar-refractivity contribution >= 4 is 5.97 Å². The Morgan fingerprint density at radius 3 is 2.67 bits per heavy atom. The number of hydrogen-bond donors (Lipinski definition) is 1. The second kappa shape index (κ2) is 5.95. The lowest BCUT2D eigenvalue weighted by atomic mass is 9.73. The second-order valence-electron chi connectivity index (χ2n) is 4.80. The molecule has 0 radical (unpaired) electrons. The molecule has 0 amide bonds. The van der Waals surface area contributed by atoms with Crippen LogP contribution in [0.2, 0.25) is 0 Å². The number of esters is 1. The molecule has 1 aromatic rings. The Kier molecular flexibility index (Phi) is 4.84. The van der Waals surface area contributed by atoms with Crippen molar-refractivity contribution in [3.05, 3.63) is 11.9 Å². The third kappa shape index (κ3) is 2.87. The van der Waals surface area contributed by atoms with Crippen LogP contribution >= 0.6 is 0 Å². The van der Waals surface area contributed by atoms with Gasteiger partial charge in [0.25, 0.3) is 0 Å². The van der Waals surface area contributed by atoms with Crippen molar-refractivity contribution in [1.82, 2.24) is 15.0 Å². The molecule has 0 aliphatic carbocycles. The minimum absolute atomic E-state index is 0.0727. The van der Waals surface area contributed by atoms with Gasteiger partial charge in [-0.25, -0.2) is 0 Å². The summed E-state index contributed by atoms with van der Waals surface area (Å²) in [7, 11) is 1.79. The molecule has 1 rings (SSSR count). The largest absolute Gasteiger partial charge is 0.466 e. The minimum Gasteiger partial charge on any atom is -0.466 e. The SMILES string of the molecule is CCOC(=O)C(CN)(Cc1cn(C)nn1)C(C)C. The molecule has 0 aliphatic heterocycles. The quantitative estimate of drug-likeness (QED) is 0.748. The van der Waals surface area contributed by atoms with E-state index >= 15 is 0 Å². The first-order valence-corrected chi connectivity index (χ1v) is 6.18. The Morgan fingerprint density at radius 2 is 2.28 bits per heavy atom. The summed E-state index contributed by atoms with van der Waals surface area (Å²) in [5.74, 6) is -0.184. The Labute approximate surface area is 107 Å². The fraction of sp³-hybridized carbons (Fsp3) is 0.750. The highest BCUT2D eigenvalue weighted by molar-refractivity contribution is 5.77. The molecule has 6 nitrogen and oxygen atoms in total. The monoisotopic (exact) mass is 254 g/mol. The van der Waals surface area contributed by atoms with Crippen LogP contribution in [0, 0.1) is 11.3 Å². The van der Waals surface area contributed by atoms with E-state index in [1.165, 1.54) is 0 Å². The minimum atomic E-state index is -0.730. The molecule has 6 heteroatoms. The molecule has 0 fully saturated rings. The van der Waals surface area contributed by atoms with Crippen molar-refractivity contribution < 1.29 is 9.53 Å². The van der Waals surface area contributed by atoms with Gasteiger partial charge < -0.3 is 10.5 Å². The second-order valence-corrected chi connectivity index (χ2v) is 4.80. The topological polar surface area (TPSA) is 83.0 Å². The summed E-state index contributed by atoms with van der Waals surface area (Å²) in [4.78, 5) is 12.2. The maximum absolute atomic E-state index is 12.2. The molecule has 2 N–H and O–H groups in total. The van der Waals surface area contributed by atoms with Gasteiger partial charge >= 0.3 is 5.97 Å². The van der Waals surface area contributed by atoms with Gasteiger partial charge in [0, 0.05) is 26.2 Å². The predicted octanol–water partition coefficient (Wildman–Crippen LogP) is 0.522. The van der Waals surface area contributed by atoms with Crippen LogP contribution in [0.1, 0.15) is 26.5 Å². The van der Waals surface area contributed by atoms with E-state index in [-0.39, 0.29) is 18.4 Å². The third-order valence-electron chi connectivity index (χ3n) is 3.30. The molecule has 1 atom stereocenters. The van der Waals surface area contributed by atoms with Crippen LogP contribution in [0.5, 0.6) is 0 Å². The van der Waals surface area contributed by atoms with Crippen molar-refractivity contribution in [3.8, 4) is 0 Å². The van der Waals surface area contributed by atoms with Gasteiger partial charge in [0.1, 0.15) is 0 Å². The molecular formula is C12H22N4O2. The molecular weight excluding hydrogens is 232 g/mol. The number of nitrogens with two attached hydrogens (primary N) is 1. The van der Waals surface area contributed by atoms with Gasteiger partial charge in [0.05, 0.1) is 17.7 Å². The molecule has 0 aliphatic rings. The lowest BCUT2D eigenvalue weighted by Gasteiger charge is -2.33. The summed E-state index contributed by atoms with van der Waals surface area (Å²) in [6, 6.07) is 0. The molecule has 0 saturated heterocycles. The number of hydrogen-bond acceptors (Lipinski definition) is 5. The summed E-state index contributed by atoms with van der Waals surface area (Å²) in [6.45, 7) is 6.33. The molecule has 1 aromatic heterocycles. The van der Waals surface area contributed by atoms with Crippen LogP contribution in [0.4, 0.5) is 0 Å². The van der Waals surface area contributed by atoms with Gasteiger partial charge in [0.15, 0.2) is 0 Å². The first-order valence-electron chi connectivity index (χ1n) is 6.18. The van der Waals surface area contributed by atoms with Gasteiger partial charge in [-0.05, 0) is 12.8 Å². The van der Waals surface area contributed by atoms with Crippen molar-refractivity contribution in [2.45, 2.75) is 27.2 Å². The van der Waals surface area contributed by atoms with Crippen molar-refractivity contribution in [2.75, 3.05) is 13.2 Å². The number of carbonyl (C=O) groups excluding carboxylic acids is 1. The fourth-order valence-electron chi connectivity index (χ4n) is 1.98. The highest BCUT2D eigenvalue weighted by Crippen LogP contribution is 2.32. The van der Waals surface area contributed by atoms with Gasteiger partial charge in [-0.1, -0.05) is 19.1 Å². The third-order valence-corrected chi connectivity index (χ3v) is 3.30. The van der Waals surface area contributed by atoms with Gasteiger partial charge in [-0.2, -0.15) is 0 Å². The van der Waals surface area contributed by atoms with E-state index in [1.807, 2.05) is 13.8 Å². The predicted molar refractivity (Wildman–Crippen MR) is 67.7 cm³/mol. The normalized spacial score (nSPS) is 14.6. The van der Waals surface area contributed by atoms with Crippen LogP contribution in [0.25, 0.3) is 0 Å². The smallest absolute Gasteiger partial charge is 0.314 e. The first kappa shape index (κ1) is 14.6. The first-order chi connectivity index (χ1) is 8.46. The maximum Gasteiger partial charge on any atom is 0.314 e. The van der Waals surface area contributed by atoms with Gasteiger partial charge in [0.2, 0.25) is 0 Å². The highest BCUT2D eigenvalue weighted by atomic mass is 16.5. The Balaban J connectivity index is 3.00. The molecule has 1 heterocycles. The van der Waals surface area contributed by atoms with Crippen LogP contribution in [0.15, 0.2) is 6.20 Å². The van der Waals surface area contributed by atoms with Crippen molar-refractivity contribution in [2.24, 2.45) is 24.1 Å². The Hall–Kier alpha value is -1.43. The van der Waals surface area contributed by atoms with E-state index < -0.39 is 5.41 Å². The number of rotatable bonds is 6. The average Bonchev–Trinajstić information content (AvgIpc) is 2.71. The highest BCUT2D eigenvalue weighted by Gasteiger charge is 2.42. The summed E-state index contributed by atoms with van der Waals surface area (Å²) < 4.78 is 6.78. The molecule has 0 aromatic carbocycles. The zero-order valence-electron chi connectivity index (χ0n) is 11.5. The van der Waals surface area contributed by atoms with E-state index in [0.29, 0.717) is 13.0 Å². The summed E-state index contributed by atoms with van der Waals surface area (Å²) in [5, 5.41) is 7.90. The molecule has 0 bridgehead atoms. The van der Waals surface area contributed by atoms with Gasteiger partial charge in [-0.3, -0.25) is 9.48 Å². The number of ether oxygens (including phenoxy) is 1. The zero-order chi connectivity index (χ0) is 13.8. The van der Waals surface area contributed by atoms with Crippen LogP contribution in [0.3, 0.4) is 0 Å². The van der Waals surface area contributed by atoms with E-state index in [4.69, 9.17) is 10.5 Å². The Bertz CT molecular complexity index is 403. The lowest BCUT2D eigenvalue weighted by molar-refractivity contribution is -0.157. The number of nitrogens with zero attached hydrogens (tertiary/aromatic N) is 3. The molecule has 18 heavy (non-hydrogen) atoms. The molecule has 0 spiro atoms. The van der Waals surface area contributed by atoms with Gasteiger partial charge in [-0.15, -0.1) is 5.10 Å².